The Balaban J connectivity index is 1.62. The van der Waals surface area contributed by atoms with Crippen LogP contribution in [0.4, 0.5) is 5.69 Å². The number of rotatable bonds is 2. The molecule has 21 heavy (non-hydrogen) atoms. The smallest absolute Gasteiger partial charge is 0.258 e. The van der Waals surface area contributed by atoms with Crippen LogP contribution in [0.2, 0.25) is 5.02 Å². The van der Waals surface area contributed by atoms with Crippen LogP contribution in [0.15, 0.2) is 23.2 Å². The standard InChI is InChI=1S/C13H14ClN5O2/c14-9-1-2-10-8(5-9)6-12(21)19(10)7-11(20)17-18-13-15-3-4-16-13/h1-2,5H,3-4,6-7H2,(H,17,20)(H2,15,16,18). The average Bonchev–Trinajstić information content (AvgIpc) is 3.05. The Hall–Kier alpha value is -2.28. The number of guanidine groups is 1. The van der Waals surface area contributed by atoms with E-state index in [0.717, 1.165) is 17.8 Å². The minimum absolute atomic E-state index is 0.0479. The van der Waals surface area contributed by atoms with E-state index >= 15 is 0 Å². The van der Waals surface area contributed by atoms with Gasteiger partial charge in [0.05, 0.1) is 13.0 Å². The minimum Gasteiger partial charge on any atom is -0.353 e. The van der Waals surface area contributed by atoms with Crippen LogP contribution in [0, 0.1) is 0 Å². The van der Waals surface area contributed by atoms with Gasteiger partial charge < -0.3 is 10.2 Å². The summed E-state index contributed by atoms with van der Waals surface area (Å²) in [7, 11) is 0. The molecule has 2 aliphatic rings. The number of carbonyl (C=O) groups is 2. The van der Waals surface area contributed by atoms with Crippen molar-refractivity contribution in [3.05, 3.63) is 28.8 Å². The molecule has 1 aromatic rings. The van der Waals surface area contributed by atoms with Crippen molar-refractivity contribution in [2.45, 2.75) is 6.42 Å². The molecule has 0 unspecified atom stereocenters. The maximum atomic E-state index is 12.0. The van der Waals surface area contributed by atoms with E-state index in [2.05, 4.69) is 21.2 Å². The summed E-state index contributed by atoms with van der Waals surface area (Å²) < 4.78 is 0. The molecule has 0 aliphatic carbocycles. The molecule has 3 rings (SSSR count). The Bertz CT molecular complexity index is 631. The number of nitrogens with one attached hydrogen (secondary N) is 3. The van der Waals surface area contributed by atoms with E-state index in [1.165, 1.54) is 4.90 Å². The molecule has 8 heteroatoms. The molecule has 0 aromatic heterocycles. The number of hydrogen-bond donors (Lipinski definition) is 3. The van der Waals surface area contributed by atoms with Gasteiger partial charge >= 0.3 is 0 Å². The highest BCUT2D eigenvalue weighted by molar-refractivity contribution is 6.31. The van der Waals surface area contributed by atoms with Gasteiger partial charge in [-0.1, -0.05) is 11.6 Å². The zero-order chi connectivity index (χ0) is 14.8. The predicted molar refractivity (Wildman–Crippen MR) is 79.1 cm³/mol. The molecule has 0 bridgehead atoms. The zero-order valence-corrected chi connectivity index (χ0v) is 11.9. The van der Waals surface area contributed by atoms with Crippen molar-refractivity contribution in [2.75, 3.05) is 24.5 Å². The lowest BCUT2D eigenvalue weighted by Crippen LogP contribution is -2.49. The van der Waals surface area contributed by atoms with E-state index < -0.39 is 0 Å². The van der Waals surface area contributed by atoms with E-state index in [9.17, 15) is 9.59 Å². The maximum Gasteiger partial charge on any atom is 0.258 e. The molecular weight excluding hydrogens is 294 g/mol. The molecule has 0 spiro atoms. The lowest BCUT2D eigenvalue weighted by atomic mass is 10.2. The van der Waals surface area contributed by atoms with Crippen LogP contribution in [0.25, 0.3) is 0 Å². The molecule has 3 N–H and O–H groups in total. The van der Waals surface area contributed by atoms with Gasteiger partial charge in [0.2, 0.25) is 11.9 Å². The molecule has 2 heterocycles. The van der Waals surface area contributed by atoms with Crippen molar-refractivity contribution >= 4 is 35.1 Å². The van der Waals surface area contributed by atoms with E-state index in [4.69, 9.17) is 11.6 Å². The van der Waals surface area contributed by atoms with Crippen LogP contribution < -0.4 is 21.1 Å². The fourth-order valence-electron chi connectivity index (χ4n) is 2.32. The first-order valence-electron chi connectivity index (χ1n) is 6.55. The normalized spacial score (nSPS) is 16.3. The first-order chi connectivity index (χ1) is 10.1. The fourth-order valence-corrected chi connectivity index (χ4v) is 2.51. The number of aliphatic imine (C=N–C) groups is 1. The van der Waals surface area contributed by atoms with Gasteiger partial charge in [-0.3, -0.25) is 25.4 Å². The van der Waals surface area contributed by atoms with Gasteiger partial charge in [0.1, 0.15) is 6.54 Å². The number of anilines is 1. The lowest BCUT2D eigenvalue weighted by molar-refractivity contribution is -0.123. The van der Waals surface area contributed by atoms with Gasteiger partial charge in [0.15, 0.2) is 0 Å². The molecule has 7 nitrogen and oxygen atoms in total. The second-order valence-electron chi connectivity index (χ2n) is 4.76. The minimum atomic E-state index is -0.317. The van der Waals surface area contributed by atoms with Crippen LogP contribution >= 0.6 is 11.6 Å². The number of hydrazine groups is 1. The third-order valence-corrected chi connectivity index (χ3v) is 3.51. The Morgan fingerprint density at radius 2 is 2.33 bits per heavy atom. The quantitative estimate of drug-likeness (QED) is 0.661. The highest BCUT2D eigenvalue weighted by atomic mass is 35.5. The average molecular weight is 308 g/mol. The zero-order valence-electron chi connectivity index (χ0n) is 11.1. The monoisotopic (exact) mass is 307 g/mol. The molecule has 1 aromatic carbocycles. The first kappa shape index (κ1) is 13.7. The van der Waals surface area contributed by atoms with Gasteiger partial charge in [0.25, 0.3) is 5.91 Å². The number of benzene rings is 1. The van der Waals surface area contributed by atoms with Crippen LogP contribution in [-0.2, 0) is 16.0 Å². The molecule has 0 fully saturated rings. The molecule has 0 radical (unpaired) electrons. The number of fused-ring (bicyclic) bond motifs is 1. The Labute approximate surface area is 126 Å². The van der Waals surface area contributed by atoms with Gasteiger partial charge in [-0.15, -0.1) is 0 Å². The Morgan fingerprint density at radius 1 is 1.48 bits per heavy atom. The maximum absolute atomic E-state index is 12.0. The summed E-state index contributed by atoms with van der Waals surface area (Å²) in [5, 5.41) is 3.55. The summed E-state index contributed by atoms with van der Waals surface area (Å²) in [6.07, 6.45) is 0.269. The van der Waals surface area contributed by atoms with E-state index in [0.29, 0.717) is 17.5 Å². The van der Waals surface area contributed by atoms with Crippen molar-refractivity contribution in [3.8, 4) is 0 Å². The summed E-state index contributed by atoms with van der Waals surface area (Å²) in [4.78, 5) is 29.4. The van der Waals surface area contributed by atoms with Gasteiger partial charge in [-0.2, -0.15) is 0 Å². The number of amides is 2. The molecule has 0 saturated carbocycles. The summed E-state index contributed by atoms with van der Waals surface area (Å²) in [5.74, 6) is 0.101. The number of nitrogens with zero attached hydrogens (tertiary/aromatic N) is 2. The van der Waals surface area contributed by atoms with Crippen LogP contribution in [0.3, 0.4) is 0 Å². The highest BCUT2D eigenvalue weighted by Gasteiger charge is 2.28. The largest absolute Gasteiger partial charge is 0.353 e. The Morgan fingerprint density at radius 3 is 3.10 bits per heavy atom. The summed E-state index contributed by atoms with van der Waals surface area (Å²) in [6, 6.07) is 5.22. The fraction of sp³-hybridized carbons (Fsp3) is 0.308. The second kappa shape index (κ2) is 5.61. The van der Waals surface area contributed by atoms with Gasteiger partial charge in [0, 0.05) is 17.3 Å². The van der Waals surface area contributed by atoms with Crippen molar-refractivity contribution in [1.82, 2.24) is 16.2 Å². The topological polar surface area (TPSA) is 85.8 Å². The van der Waals surface area contributed by atoms with E-state index in [1.54, 1.807) is 18.2 Å². The van der Waals surface area contributed by atoms with Crippen LogP contribution in [-0.4, -0.2) is 37.4 Å². The van der Waals surface area contributed by atoms with Gasteiger partial charge in [-0.25, -0.2) is 0 Å². The molecule has 110 valence electrons. The lowest BCUT2D eigenvalue weighted by Gasteiger charge is -2.17. The van der Waals surface area contributed by atoms with Crippen LogP contribution in [0.1, 0.15) is 5.56 Å². The first-order valence-corrected chi connectivity index (χ1v) is 6.93. The SMILES string of the molecule is O=C(CN1C(=O)Cc2cc(Cl)ccc21)NNC1=NCCN1. The Kier molecular flexibility index (Phi) is 3.66. The highest BCUT2D eigenvalue weighted by Crippen LogP contribution is 2.30. The molecule has 2 aliphatic heterocycles. The van der Waals surface area contributed by atoms with E-state index in [1.807, 2.05) is 0 Å². The summed E-state index contributed by atoms with van der Waals surface area (Å²) in [6.45, 7) is 1.38. The summed E-state index contributed by atoms with van der Waals surface area (Å²) >= 11 is 5.91. The van der Waals surface area contributed by atoms with Crippen molar-refractivity contribution in [3.63, 3.8) is 0 Å². The molecule has 2 amide bonds. The molecular formula is C13H14ClN5O2. The van der Waals surface area contributed by atoms with Crippen LogP contribution in [0.5, 0.6) is 0 Å². The van der Waals surface area contributed by atoms with Crippen molar-refractivity contribution < 1.29 is 9.59 Å². The predicted octanol–water partition coefficient (Wildman–Crippen LogP) is -0.191. The summed E-state index contributed by atoms with van der Waals surface area (Å²) in [5.41, 5.74) is 6.77. The molecule has 0 saturated heterocycles. The third-order valence-electron chi connectivity index (χ3n) is 3.27. The number of halogens is 1. The molecule has 0 atom stereocenters. The number of carbonyl (C=O) groups excluding carboxylic acids is 2. The number of hydrogen-bond acceptors (Lipinski definition) is 5. The van der Waals surface area contributed by atoms with E-state index in [-0.39, 0.29) is 24.8 Å². The van der Waals surface area contributed by atoms with Crippen molar-refractivity contribution in [1.29, 1.82) is 0 Å². The second-order valence-corrected chi connectivity index (χ2v) is 5.20. The van der Waals surface area contributed by atoms with Gasteiger partial charge in [-0.05, 0) is 23.8 Å². The van der Waals surface area contributed by atoms with Crippen molar-refractivity contribution in [2.24, 2.45) is 4.99 Å². The third kappa shape index (κ3) is 2.92.